The highest BCUT2D eigenvalue weighted by molar-refractivity contribution is 5.85. The quantitative estimate of drug-likeness (QED) is 0.753. The molecule has 0 aromatic heterocycles. The van der Waals surface area contributed by atoms with Crippen molar-refractivity contribution in [3.05, 3.63) is 35.4 Å². The summed E-state index contributed by atoms with van der Waals surface area (Å²) in [5, 5.41) is 0. The van der Waals surface area contributed by atoms with Crippen molar-refractivity contribution in [1.29, 1.82) is 0 Å². The Morgan fingerprint density at radius 2 is 2.00 bits per heavy atom. The molecule has 1 fully saturated rings. The van der Waals surface area contributed by atoms with Crippen molar-refractivity contribution in [3.63, 3.8) is 0 Å². The number of alkyl halides is 3. The molecule has 1 aromatic carbocycles. The van der Waals surface area contributed by atoms with E-state index in [0.29, 0.717) is 0 Å². The fourth-order valence-electron chi connectivity index (χ4n) is 2.41. The molecule has 1 saturated heterocycles. The van der Waals surface area contributed by atoms with Gasteiger partial charge < -0.3 is 4.90 Å². The van der Waals surface area contributed by atoms with E-state index in [0.717, 1.165) is 37.6 Å². The number of benzene rings is 1. The highest BCUT2D eigenvalue weighted by Crippen LogP contribution is 2.33. The van der Waals surface area contributed by atoms with Crippen molar-refractivity contribution in [2.75, 3.05) is 20.1 Å². The van der Waals surface area contributed by atoms with Gasteiger partial charge in [-0.05, 0) is 44.0 Å². The van der Waals surface area contributed by atoms with Gasteiger partial charge in [0.2, 0.25) is 0 Å². The Kier molecular flexibility index (Phi) is 5.05. The van der Waals surface area contributed by atoms with E-state index in [2.05, 4.69) is 4.90 Å². The Bertz CT molecular complexity index is 392. The SMILES string of the molecule is CN1CCCC(c2cccc(C(F)(F)F)c2)C1.Cl. The molecule has 1 unspecified atom stereocenters. The van der Waals surface area contributed by atoms with Crippen molar-refractivity contribution in [2.24, 2.45) is 0 Å². The smallest absolute Gasteiger partial charge is 0.306 e. The van der Waals surface area contributed by atoms with Crippen LogP contribution in [0.3, 0.4) is 0 Å². The second kappa shape index (κ2) is 5.93. The first-order chi connectivity index (χ1) is 7.97. The van der Waals surface area contributed by atoms with E-state index in [1.54, 1.807) is 6.07 Å². The molecular weight excluding hydrogens is 263 g/mol. The fourth-order valence-corrected chi connectivity index (χ4v) is 2.41. The number of hydrogen-bond donors (Lipinski definition) is 0. The molecule has 0 N–H and O–H groups in total. The molecule has 0 radical (unpaired) electrons. The number of piperidine rings is 1. The number of likely N-dealkylation sites (tertiary alicyclic amines) is 1. The van der Waals surface area contributed by atoms with Gasteiger partial charge >= 0.3 is 6.18 Å². The van der Waals surface area contributed by atoms with Gasteiger partial charge in [-0.15, -0.1) is 12.4 Å². The topological polar surface area (TPSA) is 3.24 Å². The molecule has 1 aliphatic rings. The fraction of sp³-hybridized carbons (Fsp3) is 0.538. The molecule has 1 aromatic rings. The zero-order valence-electron chi connectivity index (χ0n) is 10.2. The van der Waals surface area contributed by atoms with E-state index < -0.39 is 11.7 Å². The van der Waals surface area contributed by atoms with Crippen molar-refractivity contribution in [3.8, 4) is 0 Å². The normalized spacial score (nSPS) is 21.4. The van der Waals surface area contributed by atoms with E-state index in [4.69, 9.17) is 0 Å². The third kappa shape index (κ3) is 3.62. The molecule has 18 heavy (non-hydrogen) atoms. The van der Waals surface area contributed by atoms with Crippen LogP contribution >= 0.6 is 12.4 Å². The molecule has 2 rings (SSSR count). The number of likely N-dealkylation sites (N-methyl/N-ethyl adjacent to an activating group) is 1. The average molecular weight is 280 g/mol. The van der Waals surface area contributed by atoms with Gasteiger partial charge in [0.15, 0.2) is 0 Å². The van der Waals surface area contributed by atoms with Gasteiger partial charge in [0.1, 0.15) is 0 Å². The molecule has 5 heteroatoms. The third-order valence-corrected chi connectivity index (χ3v) is 3.31. The van der Waals surface area contributed by atoms with Crippen molar-refractivity contribution in [1.82, 2.24) is 4.90 Å². The number of hydrogen-bond acceptors (Lipinski definition) is 1. The second-order valence-electron chi connectivity index (χ2n) is 4.72. The molecular formula is C13H17ClF3N. The lowest BCUT2D eigenvalue weighted by atomic mass is 9.90. The Balaban J connectivity index is 0.00000162. The van der Waals surface area contributed by atoms with Crippen LogP contribution in [0.25, 0.3) is 0 Å². The maximum absolute atomic E-state index is 12.6. The lowest BCUT2D eigenvalue weighted by molar-refractivity contribution is -0.137. The monoisotopic (exact) mass is 279 g/mol. The van der Waals surface area contributed by atoms with E-state index >= 15 is 0 Å². The molecule has 1 atom stereocenters. The summed E-state index contributed by atoms with van der Waals surface area (Å²) in [5.41, 5.74) is 0.273. The summed E-state index contributed by atoms with van der Waals surface area (Å²) in [6, 6.07) is 5.74. The van der Waals surface area contributed by atoms with Crippen LogP contribution in [-0.4, -0.2) is 25.0 Å². The summed E-state index contributed by atoms with van der Waals surface area (Å²) in [4.78, 5) is 2.18. The van der Waals surface area contributed by atoms with Crippen LogP contribution in [0.5, 0.6) is 0 Å². The first kappa shape index (κ1) is 15.3. The Hall–Kier alpha value is -0.740. The molecule has 0 spiro atoms. The van der Waals surface area contributed by atoms with E-state index in [1.165, 1.54) is 12.1 Å². The lowest BCUT2D eigenvalue weighted by Gasteiger charge is -2.30. The number of nitrogens with zero attached hydrogens (tertiary/aromatic N) is 1. The lowest BCUT2D eigenvalue weighted by Crippen LogP contribution is -2.30. The molecule has 1 heterocycles. The van der Waals surface area contributed by atoms with E-state index in [-0.39, 0.29) is 18.3 Å². The predicted octanol–water partition coefficient (Wildman–Crippen LogP) is 3.94. The average Bonchev–Trinajstić information content (AvgIpc) is 2.28. The minimum Gasteiger partial charge on any atom is -0.306 e. The molecule has 1 nitrogen and oxygen atoms in total. The van der Waals surface area contributed by atoms with Crippen LogP contribution in [0, 0.1) is 0 Å². The van der Waals surface area contributed by atoms with Crippen LogP contribution in [-0.2, 0) is 6.18 Å². The third-order valence-electron chi connectivity index (χ3n) is 3.31. The predicted molar refractivity (Wildman–Crippen MR) is 68.2 cm³/mol. The molecule has 1 aliphatic heterocycles. The Morgan fingerprint density at radius 1 is 1.28 bits per heavy atom. The molecule has 0 aliphatic carbocycles. The van der Waals surface area contributed by atoms with Gasteiger partial charge in [-0.25, -0.2) is 0 Å². The first-order valence-electron chi connectivity index (χ1n) is 5.82. The minimum absolute atomic E-state index is 0. The van der Waals surface area contributed by atoms with Gasteiger partial charge in [0.25, 0.3) is 0 Å². The second-order valence-corrected chi connectivity index (χ2v) is 4.72. The van der Waals surface area contributed by atoms with Crippen LogP contribution < -0.4 is 0 Å². The zero-order chi connectivity index (χ0) is 12.5. The van der Waals surface area contributed by atoms with Crippen molar-refractivity contribution >= 4 is 12.4 Å². The summed E-state index contributed by atoms with van der Waals surface area (Å²) < 4.78 is 37.8. The highest BCUT2D eigenvalue weighted by Gasteiger charge is 2.31. The molecule has 0 bridgehead atoms. The summed E-state index contributed by atoms with van der Waals surface area (Å²) >= 11 is 0. The largest absolute Gasteiger partial charge is 0.416 e. The summed E-state index contributed by atoms with van der Waals surface area (Å²) in [6.45, 7) is 1.89. The Morgan fingerprint density at radius 3 is 2.61 bits per heavy atom. The highest BCUT2D eigenvalue weighted by atomic mass is 35.5. The zero-order valence-corrected chi connectivity index (χ0v) is 11.0. The van der Waals surface area contributed by atoms with Gasteiger partial charge in [0.05, 0.1) is 5.56 Å². The molecule has 0 saturated carbocycles. The number of rotatable bonds is 1. The maximum atomic E-state index is 12.6. The molecule has 102 valence electrons. The van der Waals surface area contributed by atoms with Crippen LogP contribution in [0.1, 0.15) is 29.9 Å². The van der Waals surface area contributed by atoms with Crippen molar-refractivity contribution in [2.45, 2.75) is 24.9 Å². The summed E-state index contributed by atoms with van der Waals surface area (Å²) in [7, 11) is 2.01. The van der Waals surface area contributed by atoms with Crippen LogP contribution in [0.4, 0.5) is 13.2 Å². The van der Waals surface area contributed by atoms with E-state index in [1.807, 2.05) is 7.05 Å². The van der Waals surface area contributed by atoms with E-state index in [9.17, 15) is 13.2 Å². The standard InChI is InChI=1S/C13H16F3N.ClH/c1-17-7-3-5-11(9-17)10-4-2-6-12(8-10)13(14,15)16;/h2,4,6,8,11H,3,5,7,9H2,1H3;1H. The van der Waals surface area contributed by atoms with Crippen LogP contribution in [0.2, 0.25) is 0 Å². The van der Waals surface area contributed by atoms with Crippen LogP contribution in [0.15, 0.2) is 24.3 Å². The Labute approximate surface area is 111 Å². The number of halogens is 4. The van der Waals surface area contributed by atoms with Gasteiger partial charge in [-0.2, -0.15) is 13.2 Å². The van der Waals surface area contributed by atoms with Gasteiger partial charge in [-0.3, -0.25) is 0 Å². The van der Waals surface area contributed by atoms with Gasteiger partial charge in [-0.1, -0.05) is 18.2 Å². The first-order valence-corrected chi connectivity index (χ1v) is 5.82. The van der Waals surface area contributed by atoms with Crippen molar-refractivity contribution < 1.29 is 13.2 Å². The molecule has 0 amide bonds. The minimum atomic E-state index is -4.24. The summed E-state index contributed by atoms with van der Waals surface area (Å²) in [5.74, 6) is 0.232. The maximum Gasteiger partial charge on any atom is 0.416 e. The summed E-state index contributed by atoms with van der Waals surface area (Å²) in [6.07, 6.45) is -2.21. The van der Waals surface area contributed by atoms with Gasteiger partial charge in [0, 0.05) is 6.54 Å².